The van der Waals surface area contributed by atoms with Crippen molar-refractivity contribution in [2.75, 3.05) is 19.7 Å². The van der Waals surface area contributed by atoms with Gasteiger partial charge >= 0.3 is 18.0 Å². The Balaban J connectivity index is 2.53. The zero-order valence-electron chi connectivity index (χ0n) is 12.6. The molecule has 2 atom stereocenters. The molecule has 1 rings (SSSR count). The second-order valence-electron chi connectivity index (χ2n) is 5.11. The number of carbonyl (C=O) groups is 3. The molecule has 0 radical (unpaired) electrons. The predicted molar refractivity (Wildman–Crippen MR) is 75.8 cm³/mol. The van der Waals surface area contributed by atoms with Crippen LogP contribution in [0.3, 0.4) is 0 Å². The van der Waals surface area contributed by atoms with E-state index in [1.807, 2.05) is 6.92 Å². The summed E-state index contributed by atoms with van der Waals surface area (Å²) in [6.07, 6.45) is 2.58. The molecule has 1 aliphatic heterocycles. The van der Waals surface area contributed by atoms with E-state index in [9.17, 15) is 14.4 Å². The van der Waals surface area contributed by atoms with Crippen molar-refractivity contribution in [3.05, 3.63) is 0 Å². The summed E-state index contributed by atoms with van der Waals surface area (Å²) in [4.78, 5) is 36.4. The Bertz CT molecular complexity index is 386. The molecule has 0 aliphatic carbocycles. The minimum absolute atomic E-state index is 0.0774. The molecule has 120 valence electrons. The van der Waals surface area contributed by atoms with Crippen LogP contribution in [0.25, 0.3) is 0 Å². The first-order valence-corrected chi connectivity index (χ1v) is 7.45. The number of hydrogen-bond acceptors (Lipinski definition) is 4. The first-order chi connectivity index (χ1) is 10.0. The molecule has 0 saturated carbocycles. The molecule has 0 aromatic carbocycles. The Morgan fingerprint density at radius 3 is 2.67 bits per heavy atom. The summed E-state index contributed by atoms with van der Waals surface area (Å²) in [5, 5.41) is 11.7. The molecule has 1 aliphatic rings. The third kappa shape index (κ3) is 4.91. The molecule has 2 amide bonds. The number of nitrogens with one attached hydrogen (secondary N) is 1. The Morgan fingerprint density at radius 1 is 1.38 bits per heavy atom. The number of rotatable bonds is 7. The fraction of sp³-hybridized carbons (Fsp3) is 0.786. The van der Waals surface area contributed by atoms with Gasteiger partial charge in [-0.1, -0.05) is 13.3 Å². The van der Waals surface area contributed by atoms with Gasteiger partial charge in [-0.05, 0) is 26.2 Å². The van der Waals surface area contributed by atoms with Crippen LogP contribution in [-0.4, -0.2) is 53.7 Å². The normalized spacial score (nSPS) is 19.1. The number of esters is 1. The minimum Gasteiger partial charge on any atom is -0.481 e. The van der Waals surface area contributed by atoms with E-state index in [1.54, 1.807) is 6.92 Å². The summed E-state index contributed by atoms with van der Waals surface area (Å²) < 4.78 is 4.95. The monoisotopic (exact) mass is 300 g/mol. The van der Waals surface area contributed by atoms with E-state index in [2.05, 4.69) is 5.32 Å². The van der Waals surface area contributed by atoms with E-state index in [0.29, 0.717) is 19.4 Å². The standard InChI is InChI=1S/C14H24N2O5/c1-3-6-10(12(17)18)9-15-14(20)16-8-5-7-11(16)13(19)21-4-2/h10-11H,3-9H2,1-2H3,(H,15,20)(H,17,18). The number of ether oxygens (including phenoxy) is 1. The van der Waals surface area contributed by atoms with Gasteiger partial charge in [-0.15, -0.1) is 0 Å². The Labute approximate surface area is 124 Å². The molecule has 7 nitrogen and oxygen atoms in total. The number of likely N-dealkylation sites (tertiary alicyclic amines) is 1. The highest BCUT2D eigenvalue weighted by Crippen LogP contribution is 2.18. The van der Waals surface area contributed by atoms with Crippen LogP contribution in [0.4, 0.5) is 4.79 Å². The summed E-state index contributed by atoms with van der Waals surface area (Å²) in [5.74, 6) is -1.91. The van der Waals surface area contributed by atoms with Crippen LogP contribution < -0.4 is 5.32 Å². The maximum Gasteiger partial charge on any atom is 0.328 e. The fourth-order valence-electron chi connectivity index (χ4n) is 2.47. The van der Waals surface area contributed by atoms with Crippen LogP contribution in [0.1, 0.15) is 39.5 Å². The van der Waals surface area contributed by atoms with Crippen molar-refractivity contribution in [1.29, 1.82) is 0 Å². The summed E-state index contributed by atoms with van der Waals surface area (Å²) in [6.45, 7) is 4.46. The first-order valence-electron chi connectivity index (χ1n) is 7.45. The van der Waals surface area contributed by atoms with Crippen molar-refractivity contribution in [2.24, 2.45) is 5.92 Å². The summed E-state index contributed by atoms with van der Waals surface area (Å²) in [5.41, 5.74) is 0. The lowest BCUT2D eigenvalue weighted by atomic mass is 10.0. The van der Waals surface area contributed by atoms with Gasteiger partial charge in [-0.25, -0.2) is 9.59 Å². The smallest absolute Gasteiger partial charge is 0.328 e. The maximum absolute atomic E-state index is 12.1. The Kier molecular flexibility index (Phi) is 6.98. The molecule has 1 heterocycles. The van der Waals surface area contributed by atoms with Gasteiger partial charge in [0.05, 0.1) is 12.5 Å². The van der Waals surface area contributed by atoms with E-state index in [4.69, 9.17) is 9.84 Å². The molecule has 0 spiro atoms. The second-order valence-corrected chi connectivity index (χ2v) is 5.11. The zero-order valence-corrected chi connectivity index (χ0v) is 12.6. The lowest BCUT2D eigenvalue weighted by Crippen LogP contribution is -2.48. The van der Waals surface area contributed by atoms with Crippen LogP contribution in [0.5, 0.6) is 0 Å². The van der Waals surface area contributed by atoms with Gasteiger partial charge < -0.3 is 20.1 Å². The molecule has 0 bridgehead atoms. The first kappa shape index (κ1) is 17.3. The van der Waals surface area contributed by atoms with E-state index in [-0.39, 0.29) is 13.2 Å². The lowest BCUT2D eigenvalue weighted by molar-refractivity contribution is -0.147. The number of nitrogens with zero attached hydrogens (tertiary/aromatic N) is 1. The number of aliphatic carboxylic acids is 1. The van der Waals surface area contributed by atoms with Crippen molar-refractivity contribution in [2.45, 2.75) is 45.6 Å². The van der Waals surface area contributed by atoms with E-state index in [1.165, 1.54) is 4.90 Å². The van der Waals surface area contributed by atoms with Gasteiger partial charge in [-0.3, -0.25) is 4.79 Å². The molecule has 1 fully saturated rings. The Morgan fingerprint density at radius 2 is 2.10 bits per heavy atom. The lowest BCUT2D eigenvalue weighted by Gasteiger charge is -2.24. The van der Waals surface area contributed by atoms with Gasteiger partial charge in [0.2, 0.25) is 0 Å². The SMILES string of the molecule is CCCC(CNC(=O)N1CCCC1C(=O)OCC)C(=O)O. The molecular weight excluding hydrogens is 276 g/mol. The number of amides is 2. The highest BCUT2D eigenvalue weighted by atomic mass is 16.5. The number of carboxylic acid groups (broad SMARTS) is 1. The third-order valence-corrected chi connectivity index (χ3v) is 3.56. The van der Waals surface area contributed by atoms with Gasteiger partial charge in [0.15, 0.2) is 0 Å². The van der Waals surface area contributed by atoms with Gasteiger partial charge in [-0.2, -0.15) is 0 Å². The molecule has 0 aromatic heterocycles. The van der Waals surface area contributed by atoms with Gasteiger partial charge in [0.25, 0.3) is 0 Å². The van der Waals surface area contributed by atoms with Crippen LogP contribution >= 0.6 is 0 Å². The summed E-state index contributed by atoms with van der Waals surface area (Å²) >= 11 is 0. The van der Waals surface area contributed by atoms with E-state index < -0.39 is 29.9 Å². The third-order valence-electron chi connectivity index (χ3n) is 3.56. The number of urea groups is 1. The highest BCUT2D eigenvalue weighted by Gasteiger charge is 2.35. The van der Waals surface area contributed by atoms with Crippen molar-refractivity contribution in [3.63, 3.8) is 0 Å². The summed E-state index contributed by atoms with van der Waals surface area (Å²) in [6, 6.07) is -0.952. The van der Waals surface area contributed by atoms with Crippen molar-refractivity contribution in [1.82, 2.24) is 10.2 Å². The van der Waals surface area contributed by atoms with Crippen molar-refractivity contribution >= 4 is 18.0 Å². The number of carboxylic acids is 1. The van der Waals surface area contributed by atoms with Crippen LogP contribution in [0.15, 0.2) is 0 Å². The van der Waals surface area contributed by atoms with Gasteiger partial charge in [0, 0.05) is 13.1 Å². The molecule has 2 N–H and O–H groups in total. The van der Waals surface area contributed by atoms with Crippen molar-refractivity contribution in [3.8, 4) is 0 Å². The predicted octanol–water partition coefficient (Wildman–Crippen LogP) is 1.22. The van der Waals surface area contributed by atoms with E-state index >= 15 is 0 Å². The number of carbonyl (C=O) groups excluding carboxylic acids is 2. The molecule has 1 saturated heterocycles. The minimum atomic E-state index is -0.916. The maximum atomic E-state index is 12.1. The average Bonchev–Trinajstić information content (AvgIpc) is 2.92. The topological polar surface area (TPSA) is 95.9 Å². The quantitative estimate of drug-likeness (QED) is 0.689. The largest absolute Gasteiger partial charge is 0.481 e. The second kappa shape index (κ2) is 8.49. The molecule has 21 heavy (non-hydrogen) atoms. The van der Waals surface area contributed by atoms with Crippen LogP contribution in [0.2, 0.25) is 0 Å². The average molecular weight is 300 g/mol. The summed E-state index contributed by atoms with van der Waals surface area (Å²) in [7, 11) is 0. The van der Waals surface area contributed by atoms with Crippen LogP contribution in [-0.2, 0) is 14.3 Å². The molecular formula is C14H24N2O5. The fourth-order valence-corrected chi connectivity index (χ4v) is 2.47. The molecule has 7 heteroatoms. The zero-order chi connectivity index (χ0) is 15.8. The highest BCUT2D eigenvalue weighted by molar-refractivity contribution is 5.84. The van der Waals surface area contributed by atoms with E-state index in [0.717, 1.165) is 12.8 Å². The van der Waals surface area contributed by atoms with Gasteiger partial charge in [0.1, 0.15) is 6.04 Å². The molecule has 0 aromatic rings. The Hall–Kier alpha value is -1.79. The van der Waals surface area contributed by atoms with Crippen molar-refractivity contribution < 1.29 is 24.2 Å². The number of hydrogen-bond donors (Lipinski definition) is 2. The van der Waals surface area contributed by atoms with Crippen LogP contribution in [0, 0.1) is 5.92 Å². The molecule has 2 unspecified atom stereocenters.